The summed E-state index contributed by atoms with van der Waals surface area (Å²) in [6.07, 6.45) is 4.96. The Morgan fingerprint density at radius 2 is 1.97 bits per heavy atom. The van der Waals surface area contributed by atoms with Crippen molar-refractivity contribution in [1.29, 1.82) is 0 Å². The lowest BCUT2D eigenvalue weighted by Gasteiger charge is -2.31. The molecule has 1 fully saturated rings. The Bertz CT molecular complexity index is 739. The van der Waals surface area contributed by atoms with E-state index in [2.05, 4.69) is 22.9 Å². The van der Waals surface area contributed by atoms with Crippen LogP contribution >= 0.6 is 0 Å². The number of aromatic carboxylic acids is 1. The smallest absolute Gasteiger partial charge is 0.534 e. The van der Waals surface area contributed by atoms with E-state index in [4.69, 9.17) is 4.65 Å². The average Bonchev–Trinajstić information content (AvgIpc) is 2.72. The molecule has 1 atom stereocenters. The van der Waals surface area contributed by atoms with Gasteiger partial charge in [-0.15, -0.1) is 0 Å². The fourth-order valence-electron chi connectivity index (χ4n) is 4.36. The third kappa shape index (κ3) is 5.96. The Morgan fingerprint density at radius 3 is 2.67 bits per heavy atom. The van der Waals surface area contributed by atoms with Gasteiger partial charge in [0.2, 0.25) is 5.91 Å². The number of likely N-dealkylation sites (N-methyl/N-ethyl adjacent to an activating group) is 1. The number of nitrogens with one attached hydrogen (secondary N) is 3. The van der Waals surface area contributed by atoms with Gasteiger partial charge in [-0.2, -0.15) is 0 Å². The fourth-order valence-corrected chi connectivity index (χ4v) is 4.36. The molecule has 1 heterocycles. The second kappa shape index (κ2) is 10.8. The second-order valence-electron chi connectivity index (χ2n) is 8.21. The first kappa shape index (κ1) is 22.6. The van der Waals surface area contributed by atoms with Crippen LogP contribution in [0.15, 0.2) is 18.2 Å². The van der Waals surface area contributed by atoms with Gasteiger partial charge in [0.1, 0.15) is 5.75 Å². The SMILES string of the molecule is CCNCCN[C@H]1CC[C@H](CC(=O)N[C@H]2Cc3cccc(C(=O)O)c3OB2O)CC1. The highest BCUT2D eigenvalue weighted by Crippen LogP contribution is 2.31. The Morgan fingerprint density at radius 1 is 1.20 bits per heavy atom. The van der Waals surface area contributed by atoms with Gasteiger partial charge in [0.25, 0.3) is 0 Å². The molecule has 9 heteroatoms. The number of carbonyl (C=O) groups is 2. The standard InChI is InChI=1S/C21H32BN3O5/c1-2-23-10-11-24-16-8-6-14(7-9-16)12-19(26)25-18-13-15-4-3-5-17(21(27)28)20(15)30-22(18)29/h3-5,14,16,18,23-24,29H,2,6-13H2,1H3,(H,25,26)(H,27,28)/t14-,16-,18-/m0/s1. The summed E-state index contributed by atoms with van der Waals surface area (Å²) >= 11 is 0. The van der Waals surface area contributed by atoms with Gasteiger partial charge >= 0.3 is 13.1 Å². The van der Waals surface area contributed by atoms with Crippen LogP contribution in [-0.2, 0) is 11.2 Å². The molecule has 1 amide bonds. The first-order valence-corrected chi connectivity index (χ1v) is 10.9. The van der Waals surface area contributed by atoms with Crippen molar-refractivity contribution in [3.63, 3.8) is 0 Å². The molecule has 8 nitrogen and oxygen atoms in total. The van der Waals surface area contributed by atoms with Crippen molar-refractivity contribution in [3.05, 3.63) is 29.3 Å². The minimum atomic E-state index is -1.27. The first-order valence-electron chi connectivity index (χ1n) is 10.9. The first-order chi connectivity index (χ1) is 14.5. The molecule has 1 saturated carbocycles. The summed E-state index contributed by atoms with van der Waals surface area (Å²) in [4.78, 5) is 23.9. The number of para-hydroxylation sites is 1. The molecule has 164 valence electrons. The molecule has 1 aromatic carbocycles. The van der Waals surface area contributed by atoms with Gasteiger partial charge in [0.05, 0.1) is 11.5 Å². The molecule has 1 aliphatic carbocycles. The number of benzene rings is 1. The van der Waals surface area contributed by atoms with Crippen molar-refractivity contribution < 1.29 is 24.4 Å². The maximum atomic E-state index is 12.5. The summed E-state index contributed by atoms with van der Waals surface area (Å²) in [6.45, 7) is 5.02. The van der Waals surface area contributed by atoms with E-state index in [-0.39, 0.29) is 17.2 Å². The van der Waals surface area contributed by atoms with Gasteiger partial charge in [-0.1, -0.05) is 19.1 Å². The molecule has 2 aliphatic rings. The normalized spacial score (nSPS) is 23.4. The van der Waals surface area contributed by atoms with E-state index >= 15 is 0 Å². The van der Waals surface area contributed by atoms with Crippen molar-refractivity contribution in [2.45, 2.75) is 57.4 Å². The van der Waals surface area contributed by atoms with Crippen molar-refractivity contribution in [1.82, 2.24) is 16.0 Å². The molecular formula is C21H32BN3O5. The number of carboxylic acid groups (broad SMARTS) is 1. The van der Waals surface area contributed by atoms with Crippen LogP contribution in [0.2, 0.25) is 0 Å². The summed E-state index contributed by atoms with van der Waals surface area (Å²) in [5.74, 6) is -1.25. The zero-order chi connectivity index (χ0) is 21.5. The van der Waals surface area contributed by atoms with Gasteiger partial charge in [0, 0.05) is 25.6 Å². The Hall–Kier alpha value is -2.10. The monoisotopic (exact) mass is 417 g/mol. The molecule has 1 aliphatic heterocycles. The van der Waals surface area contributed by atoms with Gasteiger partial charge < -0.3 is 30.7 Å². The van der Waals surface area contributed by atoms with Crippen molar-refractivity contribution in [3.8, 4) is 5.75 Å². The quantitative estimate of drug-likeness (QED) is 0.300. The van der Waals surface area contributed by atoms with Crippen LogP contribution in [0.4, 0.5) is 0 Å². The summed E-state index contributed by atoms with van der Waals surface area (Å²) < 4.78 is 5.44. The molecule has 0 bridgehead atoms. The molecule has 1 aromatic rings. The van der Waals surface area contributed by atoms with Crippen LogP contribution in [0, 0.1) is 5.92 Å². The highest BCUT2D eigenvalue weighted by atomic mass is 16.5. The van der Waals surface area contributed by atoms with Crippen LogP contribution in [0.5, 0.6) is 5.75 Å². The minimum Gasteiger partial charge on any atom is -0.534 e. The van der Waals surface area contributed by atoms with E-state index in [1.165, 1.54) is 6.07 Å². The van der Waals surface area contributed by atoms with E-state index in [9.17, 15) is 19.7 Å². The lowest BCUT2D eigenvalue weighted by atomic mass is 9.72. The topological polar surface area (TPSA) is 120 Å². The average molecular weight is 417 g/mol. The summed E-state index contributed by atoms with van der Waals surface area (Å²) in [7, 11) is -1.27. The predicted octanol–water partition coefficient (Wildman–Crippen LogP) is 0.972. The Kier molecular flexibility index (Phi) is 8.12. The van der Waals surface area contributed by atoms with Crippen LogP contribution in [0.25, 0.3) is 0 Å². The van der Waals surface area contributed by atoms with Crippen LogP contribution in [-0.4, -0.2) is 60.7 Å². The number of hydrogen-bond acceptors (Lipinski definition) is 6. The minimum absolute atomic E-state index is 0.0205. The Balaban J connectivity index is 1.45. The maximum Gasteiger partial charge on any atom is 0.547 e. The van der Waals surface area contributed by atoms with Crippen molar-refractivity contribution in [2.75, 3.05) is 19.6 Å². The maximum absolute atomic E-state index is 12.5. The van der Waals surface area contributed by atoms with Gasteiger partial charge in [-0.25, -0.2) is 4.79 Å². The molecule has 5 N–H and O–H groups in total. The van der Waals surface area contributed by atoms with E-state index in [0.29, 0.717) is 30.4 Å². The lowest BCUT2D eigenvalue weighted by molar-refractivity contribution is -0.122. The van der Waals surface area contributed by atoms with Crippen LogP contribution < -0.4 is 20.6 Å². The summed E-state index contributed by atoms with van der Waals surface area (Å²) in [5, 5.41) is 29.3. The predicted molar refractivity (Wildman–Crippen MR) is 115 cm³/mol. The van der Waals surface area contributed by atoms with Crippen molar-refractivity contribution >= 4 is 19.0 Å². The molecule has 0 spiro atoms. The van der Waals surface area contributed by atoms with Gasteiger partial charge in [-0.3, -0.25) is 4.79 Å². The zero-order valence-electron chi connectivity index (χ0n) is 17.5. The molecule has 30 heavy (non-hydrogen) atoms. The molecule has 0 unspecified atom stereocenters. The number of hydrogen-bond donors (Lipinski definition) is 5. The zero-order valence-corrected chi connectivity index (χ0v) is 17.5. The lowest BCUT2D eigenvalue weighted by Crippen LogP contribution is -2.53. The van der Waals surface area contributed by atoms with Gasteiger partial charge in [0.15, 0.2) is 0 Å². The number of carbonyl (C=O) groups excluding carboxylic acids is 1. The van der Waals surface area contributed by atoms with Gasteiger partial charge in [-0.05, 0) is 56.2 Å². The number of carboxylic acids is 1. The Labute approximate surface area is 177 Å². The number of rotatable bonds is 9. The number of fused-ring (bicyclic) bond motifs is 1. The molecule has 0 aromatic heterocycles. The molecule has 0 radical (unpaired) electrons. The fraction of sp³-hybridized carbons (Fsp3) is 0.619. The van der Waals surface area contributed by atoms with E-state index in [1.807, 2.05) is 0 Å². The summed E-state index contributed by atoms with van der Waals surface area (Å²) in [5.41, 5.74) is 0.696. The van der Waals surface area contributed by atoms with E-state index in [0.717, 1.165) is 45.3 Å². The highest BCUT2D eigenvalue weighted by molar-refractivity contribution is 6.47. The van der Waals surface area contributed by atoms with Crippen LogP contribution in [0.1, 0.15) is 54.9 Å². The molecular weight excluding hydrogens is 385 g/mol. The highest BCUT2D eigenvalue weighted by Gasteiger charge is 2.38. The van der Waals surface area contributed by atoms with E-state index in [1.54, 1.807) is 12.1 Å². The largest absolute Gasteiger partial charge is 0.547 e. The number of amides is 1. The molecule has 3 rings (SSSR count). The second-order valence-corrected chi connectivity index (χ2v) is 8.21. The van der Waals surface area contributed by atoms with Crippen LogP contribution in [0.3, 0.4) is 0 Å². The van der Waals surface area contributed by atoms with Crippen molar-refractivity contribution in [2.24, 2.45) is 5.92 Å². The molecule has 0 saturated heterocycles. The van der Waals surface area contributed by atoms with E-state index < -0.39 is 19.0 Å². The third-order valence-electron chi connectivity index (χ3n) is 6.00. The summed E-state index contributed by atoms with van der Waals surface area (Å²) in [6, 6.07) is 5.37. The third-order valence-corrected chi connectivity index (χ3v) is 6.00.